The summed E-state index contributed by atoms with van der Waals surface area (Å²) in [4.78, 5) is 0. The molecule has 3 heteroatoms. The van der Waals surface area contributed by atoms with Gasteiger partial charge in [0.05, 0.1) is 0 Å². The van der Waals surface area contributed by atoms with E-state index in [0.717, 1.165) is 34.6 Å². The molecule has 0 heterocycles. The summed E-state index contributed by atoms with van der Waals surface area (Å²) < 4.78 is 1.03. The van der Waals surface area contributed by atoms with Crippen LogP contribution in [0.5, 0.6) is 5.75 Å². The number of aromatic hydroxyl groups is 1. The highest BCUT2D eigenvalue weighted by molar-refractivity contribution is 9.10. The lowest BCUT2D eigenvalue weighted by Gasteiger charge is -2.09. The van der Waals surface area contributed by atoms with Crippen LogP contribution < -0.4 is 5.32 Å². The molecule has 2 N–H and O–H groups in total. The highest BCUT2D eigenvalue weighted by Gasteiger charge is 2.20. The molecule has 2 nitrogen and oxygen atoms in total. The molecule has 0 spiro atoms. The molecule has 0 bridgehead atoms. The average Bonchev–Trinajstić information content (AvgIpc) is 3.03. The first-order chi connectivity index (χ1) is 7.66. The van der Waals surface area contributed by atoms with Crippen LogP contribution in [0.3, 0.4) is 0 Å². The summed E-state index contributed by atoms with van der Waals surface area (Å²) in [6.07, 6.45) is 4.08. The molecule has 1 aliphatic rings. The second kappa shape index (κ2) is 5.19. The Bertz CT molecular complexity index is 374. The third-order valence-corrected chi connectivity index (χ3v) is 3.54. The molecule has 0 atom stereocenters. The van der Waals surface area contributed by atoms with Crippen molar-refractivity contribution in [2.75, 3.05) is 6.54 Å². The Balaban J connectivity index is 1.86. The zero-order valence-electron chi connectivity index (χ0n) is 9.59. The number of nitrogens with one attached hydrogen (secondary N) is 1. The van der Waals surface area contributed by atoms with E-state index in [1.54, 1.807) is 0 Å². The van der Waals surface area contributed by atoms with Crippen LogP contribution in [0.1, 0.15) is 30.4 Å². The van der Waals surface area contributed by atoms with Crippen molar-refractivity contribution in [1.82, 2.24) is 5.32 Å². The van der Waals surface area contributed by atoms with Gasteiger partial charge in [0.25, 0.3) is 0 Å². The normalized spacial score (nSPS) is 15.4. The molecule has 1 saturated carbocycles. The van der Waals surface area contributed by atoms with Gasteiger partial charge in [-0.2, -0.15) is 0 Å². The van der Waals surface area contributed by atoms with Crippen molar-refractivity contribution >= 4 is 15.9 Å². The van der Waals surface area contributed by atoms with E-state index in [1.165, 1.54) is 19.3 Å². The first-order valence-corrected chi connectivity index (χ1v) is 6.65. The smallest absolute Gasteiger partial charge is 0.123 e. The van der Waals surface area contributed by atoms with Crippen molar-refractivity contribution in [1.29, 1.82) is 0 Å². The largest absolute Gasteiger partial charge is 0.507 e. The van der Waals surface area contributed by atoms with Gasteiger partial charge in [-0.25, -0.2) is 0 Å². The second-order valence-corrected chi connectivity index (χ2v) is 5.55. The minimum Gasteiger partial charge on any atom is -0.507 e. The van der Waals surface area contributed by atoms with Crippen molar-refractivity contribution in [3.63, 3.8) is 0 Å². The topological polar surface area (TPSA) is 32.3 Å². The van der Waals surface area contributed by atoms with Crippen LogP contribution in [-0.4, -0.2) is 11.7 Å². The summed E-state index contributed by atoms with van der Waals surface area (Å²) in [6, 6.07) is 3.91. The number of halogens is 1. The molecule has 16 heavy (non-hydrogen) atoms. The molecule has 0 aromatic heterocycles. The van der Waals surface area contributed by atoms with E-state index in [9.17, 15) is 5.11 Å². The fraction of sp³-hybridized carbons (Fsp3) is 0.538. The van der Waals surface area contributed by atoms with Crippen LogP contribution in [-0.2, 0) is 6.54 Å². The summed E-state index contributed by atoms with van der Waals surface area (Å²) in [6.45, 7) is 3.72. The first kappa shape index (κ1) is 11.9. The maximum absolute atomic E-state index is 9.88. The van der Waals surface area contributed by atoms with Gasteiger partial charge in [-0.05, 0) is 43.5 Å². The number of hydrogen-bond donors (Lipinski definition) is 2. The summed E-state index contributed by atoms with van der Waals surface area (Å²) in [7, 11) is 0. The van der Waals surface area contributed by atoms with Crippen molar-refractivity contribution in [2.45, 2.75) is 32.7 Å². The molecule has 0 aliphatic heterocycles. The lowest BCUT2D eigenvalue weighted by atomic mass is 10.1. The molecule has 1 fully saturated rings. The van der Waals surface area contributed by atoms with E-state index < -0.39 is 0 Å². The van der Waals surface area contributed by atoms with Crippen molar-refractivity contribution in [3.8, 4) is 5.75 Å². The minimum absolute atomic E-state index is 0.419. The molecule has 0 unspecified atom stereocenters. The van der Waals surface area contributed by atoms with Crippen molar-refractivity contribution < 1.29 is 5.11 Å². The summed E-state index contributed by atoms with van der Waals surface area (Å²) >= 11 is 3.45. The van der Waals surface area contributed by atoms with Gasteiger partial charge in [0.15, 0.2) is 0 Å². The van der Waals surface area contributed by atoms with Gasteiger partial charge in [0, 0.05) is 16.6 Å². The van der Waals surface area contributed by atoms with E-state index in [0.29, 0.717) is 5.75 Å². The third kappa shape index (κ3) is 3.22. The van der Waals surface area contributed by atoms with Crippen LogP contribution in [0.4, 0.5) is 0 Å². The number of hydrogen-bond acceptors (Lipinski definition) is 2. The summed E-state index contributed by atoms with van der Waals surface area (Å²) in [5.41, 5.74) is 1.90. The first-order valence-electron chi connectivity index (χ1n) is 5.85. The zero-order valence-corrected chi connectivity index (χ0v) is 11.2. The van der Waals surface area contributed by atoms with Gasteiger partial charge in [0.2, 0.25) is 0 Å². The van der Waals surface area contributed by atoms with E-state index in [1.807, 2.05) is 19.1 Å². The summed E-state index contributed by atoms with van der Waals surface area (Å²) in [5.74, 6) is 1.38. The van der Waals surface area contributed by atoms with Crippen LogP contribution in [0.15, 0.2) is 16.6 Å². The quantitative estimate of drug-likeness (QED) is 0.813. The van der Waals surface area contributed by atoms with Gasteiger partial charge >= 0.3 is 0 Å². The van der Waals surface area contributed by atoms with Crippen LogP contribution in [0.2, 0.25) is 0 Å². The Labute approximate surface area is 105 Å². The third-order valence-electron chi connectivity index (χ3n) is 3.09. The Kier molecular flexibility index (Phi) is 3.87. The molecule has 2 rings (SSSR count). The predicted octanol–water partition coefficient (Wildman–Crippen LogP) is 3.35. The van der Waals surface area contributed by atoms with Crippen LogP contribution in [0, 0.1) is 12.8 Å². The second-order valence-electron chi connectivity index (χ2n) is 4.64. The van der Waals surface area contributed by atoms with Gasteiger partial charge < -0.3 is 10.4 Å². The zero-order chi connectivity index (χ0) is 11.5. The van der Waals surface area contributed by atoms with Gasteiger partial charge in [-0.1, -0.05) is 28.8 Å². The number of phenols is 1. The molecule has 0 amide bonds. The number of aryl methyl sites for hydroxylation is 1. The Morgan fingerprint density at radius 3 is 2.88 bits per heavy atom. The monoisotopic (exact) mass is 283 g/mol. The number of rotatable bonds is 5. The summed E-state index contributed by atoms with van der Waals surface area (Å²) in [5, 5.41) is 13.3. The Morgan fingerprint density at radius 1 is 1.44 bits per heavy atom. The fourth-order valence-electron chi connectivity index (χ4n) is 1.88. The predicted molar refractivity (Wildman–Crippen MR) is 69.6 cm³/mol. The lowest BCUT2D eigenvalue weighted by molar-refractivity contribution is 0.459. The van der Waals surface area contributed by atoms with E-state index in [2.05, 4.69) is 21.2 Å². The Morgan fingerprint density at radius 2 is 2.19 bits per heavy atom. The van der Waals surface area contributed by atoms with Crippen molar-refractivity contribution in [2.24, 2.45) is 5.92 Å². The highest BCUT2D eigenvalue weighted by Crippen LogP contribution is 2.32. The van der Waals surface area contributed by atoms with Gasteiger partial charge in [0.1, 0.15) is 5.75 Å². The number of phenolic OH excluding ortho intramolecular Hbond substituents is 1. The van der Waals surface area contributed by atoms with Crippen LogP contribution in [0.25, 0.3) is 0 Å². The van der Waals surface area contributed by atoms with E-state index in [-0.39, 0.29) is 0 Å². The average molecular weight is 284 g/mol. The SMILES string of the molecule is Cc1cc(Br)cc(CNCCC2CC2)c1O. The standard InChI is InChI=1S/C13H18BrNO/c1-9-6-12(14)7-11(13(9)16)8-15-5-4-10-2-3-10/h6-7,10,15-16H,2-5,8H2,1H3. The fourth-order valence-corrected chi connectivity index (χ4v) is 2.50. The van der Waals surface area contributed by atoms with Crippen molar-refractivity contribution in [3.05, 3.63) is 27.7 Å². The van der Waals surface area contributed by atoms with Crippen LogP contribution >= 0.6 is 15.9 Å². The highest BCUT2D eigenvalue weighted by atomic mass is 79.9. The maximum atomic E-state index is 9.88. The molecular weight excluding hydrogens is 266 g/mol. The lowest BCUT2D eigenvalue weighted by Crippen LogP contribution is -2.15. The molecule has 0 saturated heterocycles. The van der Waals surface area contributed by atoms with Gasteiger partial charge in [-0.3, -0.25) is 0 Å². The molecular formula is C13H18BrNO. The molecule has 1 aliphatic carbocycles. The molecule has 1 aromatic rings. The number of benzene rings is 1. The minimum atomic E-state index is 0.419. The molecule has 1 aromatic carbocycles. The Hall–Kier alpha value is -0.540. The van der Waals surface area contributed by atoms with E-state index >= 15 is 0 Å². The van der Waals surface area contributed by atoms with E-state index in [4.69, 9.17) is 0 Å². The molecule has 88 valence electrons. The van der Waals surface area contributed by atoms with Gasteiger partial charge in [-0.15, -0.1) is 0 Å². The molecule has 0 radical (unpaired) electrons. The maximum Gasteiger partial charge on any atom is 0.123 e.